The first-order valence-electron chi connectivity index (χ1n) is 10.2. The monoisotopic (exact) mass is 491 g/mol. The van der Waals surface area contributed by atoms with Crippen LogP contribution < -0.4 is 10.3 Å². The summed E-state index contributed by atoms with van der Waals surface area (Å²) in [5, 5.41) is 9.11. The van der Waals surface area contributed by atoms with E-state index in [4.69, 9.17) is 4.74 Å². The Morgan fingerprint density at radius 2 is 1.75 bits per heavy atom. The molecule has 1 atom stereocenters. The van der Waals surface area contributed by atoms with Crippen molar-refractivity contribution in [3.63, 3.8) is 0 Å². The molecule has 1 aliphatic heterocycles. The van der Waals surface area contributed by atoms with Crippen LogP contribution in [0.5, 0.6) is 0 Å². The lowest BCUT2D eigenvalue weighted by Gasteiger charge is -2.23. The fourth-order valence-electron chi connectivity index (χ4n) is 3.51. The number of nitrogens with zero attached hydrogens (tertiary/aromatic N) is 2. The summed E-state index contributed by atoms with van der Waals surface area (Å²) in [6.45, 7) is 1.57. The number of aryl methyl sites for hydroxylation is 1. The van der Waals surface area contributed by atoms with Crippen LogP contribution in [-0.4, -0.2) is 24.2 Å². The van der Waals surface area contributed by atoms with Gasteiger partial charge in [0.1, 0.15) is 5.71 Å². The molecule has 0 bridgehead atoms. The normalized spacial score (nSPS) is 15.2. The molecule has 0 aliphatic carbocycles. The van der Waals surface area contributed by atoms with Crippen molar-refractivity contribution in [2.75, 3.05) is 16.9 Å². The molecule has 3 aromatic carbocycles. The van der Waals surface area contributed by atoms with Crippen molar-refractivity contribution >= 4 is 44.9 Å². The standard InChI is InChI=1S/C25H22BrN3O3/c1-17-12-13-21(20(26)14-17)27-24(30)16-32-25(31)22-15-23(18-8-4-2-5-9-18)29(28-22)19-10-6-3-7-11-19/h2-14,23H,15-16H2,1H3,(H,27,30). The minimum Gasteiger partial charge on any atom is -0.451 e. The van der Waals surface area contributed by atoms with Crippen molar-refractivity contribution in [1.82, 2.24) is 0 Å². The predicted octanol–water partition coefficient (Wildman–Crippen LogP) is 5.25. The minimum absolute atomic E-state index is 0.126. The Morgan fingerprint density at radius 1 is 1.06 bits per heavy atom. The number of benzene rings is 3. The SMILES string of the molecule is Cc1ccc(NC(=O)COC(=O)C2=NN(c3ccccc3)C(c3ccccc3)C2)c(Br)c1. The summed E-state index contributed by atoms with van der Waals surface area (Å²) in [5.41, 5.74) is 3.90. The summed E-state index contributed by atoms with van der Waals surface area (Å²) in [6, 6.07) is 25.0. The Morgan fingerprint density at radius 3 is 2.44 bits per heavy atom. The number of amides is 1. The molecule has 1 unspecified atom stereocenters. The van der Waals surface area contributed by atoms with Gasteiger partial charge in [0.05, 0.1) is 17.4 Å². The van der Waals surface area contributed by atoms with E-state index in [2.05, 4.69) is 26.3 Å². The van der Waals surface area contributed by atoms with Crippen LogP contribution in [0.4, 0.5) is 11.4 Å². The molecule has 1 amide bonds. The topological polar surface area (TPSA) is 71.0 Å². The van der Waals surface area contributed by atoms with Gasteiger partial charge in [0.15, 0.2) is 6.61 Å². The van der Waals surface area contributed by atoms with Crippen molar-refractivity contribution in [2.45, 2.75) is 19.4 Å². The molecule has 3 aromatic rings. The maximum atomic E-state index is 12.7. The number of halogens is 1. The number of carbonyl (C=O) groups is 2. The van der Waals surface area contributed by atoms with E-state index in [0.717, 1.165) is 21.3 Å². The Kier molecular flexibility index (Phi) is 6.66. The zero-order chi connectivity index (χ0) is 22.5. The number of hydrogen-bond donors (Lipinski definition) is 1. The molecule has 162 valence electrons. The highest BCUT2D eigenvalue weighted by Crippen LogP contribution is 2.35. The highest BCUT2D eigenvalue weighted by molar-refractivity contribution is 9.10. The molecular formula is C25H22BrN3O3. The van der Waals surface area contributed by atoms with Crippen LogP contribution in [-0.2, 0) is 14.3 Å². The summed E-state index contributed by atoms with van der Waals surface area (Å²) >= 11 is 3.42. The van der Waals surface area contributed by atoms with E-state index in [1.165, 1.54) is 0 Å². The van der Waals surface area contributed by atoms with E-state index in [1.807, 2.05) is 84.7 Å². The van der Waals surface area contributed by atoms with E-state index in [-0.39, 0.29) is 18.4 Å². The number of ether oxygens (including phenoxy) is 1. The van der Waals surface area contributed by atoms with Gasteiger partial charge in [0, 0.05) is 10.9 Å². The molecule has 0 saturated heterocycles. The molecule has 0 fully saturated rings. The smallest absolute Gasteiger partial charge is 0.355 e. The van der Waals surface area contributed by atoms with Crippen molar-refractivity contribution in [3.05, 3.63) is 94.5 Å². The number of nitrogens with one attached hydrogen (secondary N) is 1. The second-order valence-electron chi connectivity index (χ2n) is 7.47. The number of carbonyl (C=O) groups excluding carboxylic acids is 2. The summed E-state index contributed by atoms with van der Waals surface area (Å²) in [6.07, 6.45) is 0.392. The molecule has 0 aromatic heterocycles. The van der Waals surface area contributed by atoms with E-state index < -0.39 is 11.9 Å². The van der Waals surface area contributed by atoms with Gasteiger partial charge in [0.2, 0.25) is 0 Å². The molecule has 6 nitrogen and oxygen atoms in total. The second kappa shape index (κ2) is 9.78. The Balaban J connectivity index is 1.44. The molecule has 0 saturated carbocycles. The minimum atomic E-state index is -0.595. The second-order valence-corrected chi connectivity index (χ2v) is 8.32. The maximum absolute atomic E-state index is 12.7. The van der Waals surface area contributed by atoms with Crippen LogP contribution >= 0.6 is 15.9 Å². The summed E-state index contributed by atoms with van der Waals surface area (Å²) < 4.78 is 6.03. The van der Waals surface area contributed by atoms with Gasteiger partial charge in [0.25, 0.3) is 5.91 Å². The fourth-order valence-corrected chi connectivity index (χ4v) is 4.10. The van der Waals surface area contributed by atoms with Gasteiger partial charge in [-0.2, -0.15) is 5.10 Å². The average Bonchev–Trinajstić information content (AvgIpc) is 3.26. The number of hydrogen-bond acceptors (Lipinski definition) is 5. The van der Waals surface area contributed by atoms with Crippen LogP contribution in [0.15, 0.2) is 88.4 Å². The molecule has 4 rings (SSSR count). The zero-order valence-electron chi connectivity index (χ0n) is 17.5. The van der Waals surface area contributed by atoms with Crippen LogP contribution in [0.3, 0.4) is 0 Å². The molecular weight excluding hydrogens is 470 g/mol. The molecule has 1 aliphatic rings. The highest BCUT2D eigenvalue weighted by atomic mass is 79.9. The van der Waals surface area contributed by atoms with Crippen LogP contribution in [0.2, 0.25) is 0 Å². The lowest BCUT2D eigenvalue weighted by Crippen LogP contribution is -2.24. The first-order chi connectivity index (χ1) is 15.5. The number of anilines is 2. The number of rotatable bonds is 6. The molecule has 0 spiro atoms. The van der Waals surface area contributed by atoms with Gasteiger partial charge in [-0.25, -0.2) is 4.79 Å². The van der Waals surface area contributed by atoms with Gasteiger partial charge >= 0.3 is 5.97 Å². The largest absolute Gasteiger partial charge is 0.451 e. The van der Waals surface area contributed by atoms with Crippen LogP contribution in [0, 0.1) is 6.92 Å². The summed E-state index contributed by atoms with van der Waals surface area (Å²) in [7, 11) is 0. The first-order valence-corrected chi connectivity index (χ1v) is 11.0. The van der Waals surface area contributed by atoms with Crippen LogP contribution in [0.1, 0.15) is 23.6 Å². The third kappa shape index (κ3) is 5.06. The van der Waals surface area contributed by atoms with Gasteiger partial charge in [-0.05, 0) is 58.2 Å². The van der Waals surface area contributed by atoms with E-state index in [1.54, 1.807) is 6.07 Å². The zero-order valence-corrected chi connectivity index (χ0v) is 19.1. The van der Waals surface area contributed by atoms with E-state index in [0.29, 0.717) is 12.1 Å². The van der Waals surface area contributed by atoms with Gasteiger partial charge < -0.3 is 10.1 Å². The number of hydrazone groups is 1. The molecule has 32 heavy (non-hydrogen) atoms. The molecule has 1 N–H and O–H groups in total. The summed E-state index contributed by atoms with van der Waals surface area (Å²) in [4.78, 5) is 25.0. The lowest BCUT2D eigenvalue weighted by molar-refractivity contribution is -0.140. The first kappa shape index (κ1) is 21.8. The molecule has 7 heteroatoms. The van der Waals surface area contributed by atoms with Gasteiger partial charge in [-0.1, -0.05) is 54.6 Å². The molecule has 1 heterocycles. The van der Waals surface area contributed by atoms with Gasteiger partial charge in [-0.3, -0.25) is 9.80 Å². The van der Waals surface area contributed by atoms with Crippen molar-refractivity contribution < 1.29 is 14.3 Å². The Hall–Kier alpha value is -3.45. The third-order valence-electron chi connectivity index (χ3n) is 5.08. The third-order valence-corrected chi connectivity index (χ3v) is 5.74. The number of esters is 1. The quantitative estimate of drug-likeness (QED) is 0.478. The van der Waals surface area contributed by atoms with E-state index in [9.17, 15) is 9.59 Å². The van der Waals surface area contributed by atoms with Crippen molar-refractivity contribution in [2.24, 2.45) is 5.10 Å². The Labute approximate surface area is 195 Å². The lowest BCUT2D eigenvalue weighted by atomic mass is 10.0. The van der Waals surface area contributed by atoms with Gasteiger partial charge in [-0.15, -0.1) is 0 Å². The summed E-state index contributed by atoms with van der Waals surface area (Å²) in [5.74, 6) is -1.01. The van der Waals surface area contributed by atoms with Crippen LogP contribution in [0.25, 0.3) is 0 Å². The molecule has 0 radical (unpaired) electrons. The van der Waals surface area contributed by atoms with Crippen molar-refractivity contribution in [3.8, 4) is 0 Å². The fraction of sp³-hybridized carbons (Fsp3) is 0.160. The highest BCUT2D eigenvalue weighted by Gasteiger charge is 2.33. The Bertz CT molecular complexity index is 1150. The average molecular weight is 492 g/mol. The maximum Gasteiger partial charge on any atom is 0.355 e. The van der Waals surface area contributed by atoms with E-state index >= 15 is 0 Å². The van der Waals surface area contributed by atoms with Crippen molar-refractivity contribution in [1.29, 1.82) is 0 Å². The predicted molar refractivity (Wildman–Crippen MR) is 129 cm³/mol. The number of para-hydroxylation sites is 1.